The number of anilines is 2. The second-order valence-electron chi connectivity index (χ2n) is 8.37. The average molecular weight is 456 g/mol. The summed E-state index contributed by atoms with van der Waals surface area (Å²) in [5.74, 6) is -0.718. The van der Waals surface area contributed by atoms with Crippen molar-refractivity contribution in [3.63, 3.8) is 0 Å². The van der Waals surface area contributed by atoms with Gasteiger partial charge in [-0.25, -0.2) is 8.42 Å². The summed E-state index contributed by atoms with van der Waals surface area (Å²) in [6.07, 6.45) is -4.99. The molecule has 0 aliphatic carbocycles. The van der Waals surface area contributed by atoms with Crippen LogP contribution in [0.1, 0.15) is 31.9 Å². The number of nitrogens with zero attached hydrogens (tertiary/aromatic N) is 1. The first-order valence-corrected chi connectivity index (χ1v) is 11.3. The van der Waals surface area contributed by atoms with E-state index in [0.29, 0.717) is 0 Å². The van der Waals surface area contributed by atoms with Gasteiger partial charge in [-0.15, -0.1) is 0 Å². The van der Waals surface area contributed by atoms with Crippen molar-refractivity contribution in [2.24, 2.45) is 0 Å². The fourth-order valence-electron chi connectivity index (χ4n) is 3.22. The van der Waals surface area contributed by atoms with Gasteiger partial charge in [-0.3, -0.25) is 9.10 Å². The number of ether oxygens (including phenoxy) is 1. The molecular weight excluding hydrogens is 433 g/mol. The largest absolute Gasteiger partial charge is 0.476 e. The number of halogens is 3. The van der Waals surface area contributed by atoms with E-state index in [1.54, 1.807) is 18.2 Å². The second-order valence-corrected chi connectivity index (χ2v) is 10.3. The molecule has 0 bridgehead atoms. The van der Waals surface area contributed by atoms with Gasteiger partial charge >= 0.3 is 6.18 Å². The molecule has 1 unspecified atom stereocenters. The van der Waals surface area contributed by atoms with Crippen LogP contribution >= 0.6 is 0 Å². The molecule has 10 heteroatoms. The van der Waals surface area contributed by atoms with Crippen molar-refractivity contribution >= 4 is 27.3 Å². The van der Waals surface area contributed by atoms with E-state index in [0.717, 1.165) is 28.3 Å². The summed E-state index contributed by atoms with van der Waals surface area (Å²) < 4.78 is 71.2. The van der Waals surface area contributed by atoms with Crippen LogP contribution in [0.3, 0.4) is 0 Å². The molecule has 2 aromatic carbocycles. The van der Waals surface area contributed by atoms with Crippen LogP contribution < -0.4 is 14.4 Å². The van der Waals surface area contributed by atoms with Crippen LogP contribution in [-0.2, 0) is 26.4 Å². The molecule has 0 spiro atoms. The fourth-order valence-corrected chi connectivity index (χ4v) is 4.13. The quantitative estimate of drug-likeness (QED) is 0.752. The second kappa shape index (κ2) is 7.74. The molecule has 0 saturated heterocycles. The summed E-state index contributed by atoms with van der Waals surface area (Å²) in [6, 6.07) is 9.56. The van der Waals surface area contributed by atoms with E-state index in [1.165, 1.54) is 12.1 Å². The molecule has 1 N–H and O–H groups in total. The highest BCUT2D eigenvalue weighted by molar-refractivity contribution is 7.92. The summed E-state index contributed by atoms with van der Waals surface area (Å²) >= 11 is 0. The number of carbonyl (C=O) groups excluding carboxylic acids is 1. The van der Waals surface area contributed by atoms with Gasteiger partial charge in [0.2, 0.25) is 10.0 Å². The molecule has 2 aromatic rings. The van der Waals surface area contributed by atoms with Gasteiger partial charge in [-0.2, -0.15) is 13.2 Å². The molecule has 1 aliphatic rings. The molecular formula is C21H23F3N2O4S. The number of hydrogen-bond donors (Lipinski definition) is 1. The smallest absolute Gasteiger partial charge is 0.418 e. The lowest BCUT2D eigenvalue weighted by molar-refractivity contribution is -0.137. The van der Waals surface area contributed by atoms with Crippen molar-refractivity contribution in [3.8, 4) is 5.75 Å². The Balaban J connectivity index is 1.95. The molecule has 1 heterocycles. The number of benzene rings is 2. The molecule has 0 aromatic heterocycles. The molecule has 1 aliphatic heterocycles. The molecule has 1 atom stereocenters. The van der Waals surface area contributed by atoms with Gasteiger partial charge in [0.05, 0.1) is 29.7 Å². The molecule has 3 rings (SSSR count). The molecule has 1 amide bonds. The third-order valence-corrected chi connectivity index (χ3v) is 6.02. The Morgan fingerprint density at radius 1 is 1.13 bits per heavy atom. The highest BCUT2D eigenvalue weighted by Gasteiger charge is 2.38. The molecule has 168 valence electrons. The van der Waals surface area contributed by atoms with E-state index < -0.39 is 39.5 Å². The standard InChI is InChI=1S/C21H23F3N2O4S/c1-20(2,3)13-9-10-17-16(11-13)26(31(4,28)29)12-18(30-17)19(27)25-15-8-6-5-7-14(15)21(22,23)24/h5-11,18H,12H2,1-4H3,(H,25,27). The van der Waals surface area contributed by atoms with Gasteiger partial charge < -0.3 is 10.1 Å². The average Bonchev–Trinajstić information content (AvgIpc) is 2.64. The number of fused-ring (bicyclic) bond motifs is 1. The van der Waals surface area contributed by atoms with Crippen molar-refractivity contribution in [2.75, 3.05) is 22.4 Å². The lowest BCUT2D eigenvalue weighted by Crippen LogP contribution is -2.48. The maximum absolute atomic E-state index is 13.2. The molecule has 31 heavy (non-hydrogen) atoms. The van der Waals surface area contributed by atoms with Crippen LogP contribution in [0.25, 0.3) is 0 Å². The lowest BCUT2D eigenvalue weighted by Gasteiger charge is -2.35. The Labute approximate surface area is 179 Å². The Morgan fingerprint density at radius 2 is 1.77 bits per heavy atom. The van der Waals surface area contributed by atoms with E-state index in [2.05, 4.69) is 5.32 Å². The predicted octanol–water partition coefficient (Wildman–Crippen LogP) is 4.17. The number of nitrogens with one attached hydrogen (secondary N) is 1. The van der Waals surface area contributed by atoms with Crippen LogP contribution in [0.15, 0.2) is 42.5 Å². The minimum Gasteiger partial charge on any atom is -0.476 e. The Bertz CT molecular complexity index is 1110. The van der Waals surface area contributed by atoms with Crippen LogP contribution in [0.4, 0.5) is 24.5 Å². The van der Waals surface area contributed by atoms with Crippen molar-refractivity contribution in [1.82, 2.24) is 0 Å². The highest BCUT2D eigenvalue weighted by atomic mass is 32.2. The first kappa shape index (κ1) is 22.9. The maximum atomic E-state index is 13.2. The Hall–Kier alpha value is -2.75. The normalized spacial score (nSPS) is 17.0. The number of carbonyl (C=O) groups is 1. The molecule has 0 fully saturated rings. The van der Waals surface area contributed by atoms with Gasteiger partial charge in [0.1, 0.15) is 5.75 Å². The SMILES string of the molecule is CC(C)(C)c1ccc2c(c1)N(S(C)(=O)=O)CC(C(=O)Nc1ccccc1C(F)(F)F)O2. The minimum atomic E-state index is -4.66. The topological polar surface area (TPSA) is 75.7 Å². The predicted molar refractivity (Wildman–Crippen MR) is 112 cm³/mol. The van der Waals surface area contributed by atoms with Crippen molar-refractivity contribution in [2.45, 2.75) is 38.5 Å². The zero-order valence-electron chi connectivity index (χ0n) is 17.4. The zero-order valence-corrected chi connectivity index (χ0v) is 18.3. The van der Waals surface area contributed by atoms with E-state index >= 15 is 0 Å². The first-order chi connectivity index (χ1) is 14.2. The summed E-state index contributed by atoms with van der Waals surface area (Å²) in [5.41, 5.74) is -0.536. The van der Waals surface area contributed by atoms with Gasteiger partial charge in [0.15, 0.2) is 6.10 Å². The summed E-state index contributed by atoms with van der Waals surface area (Å²) in [7, 11) is -3.78. The number of para-hydroxylation sites is 1. The van der Waals surface area contributed by atoms with E-state index in [-0.39, 0.29) is 23.4 Å². The zero-order chi connectivity index (χ0) is 23.2. The summed E-state index contributed by atoms with van der Waals surface area (Å²) in [4.78, 5) is 12.7. The minimum absolute atomic E-state index is 0.161. The molecule has 0 radical (unpaired) electrons. The highest BCUT2D eigenvalue weighted by Crippen LogP contribution is 2.39. The van der Waals surface area contributed by atoms with Crippen LogP contribution in [0.2, 0.25) is 0 Å². The van der Waals surface area contributed by atoms with Crippen molar-refractivity contribution < 1.29 is 31.1 Å². The van der Waals surface area contributed by atoms with Gasteiger partial charge in [-0.05, 0) is 35.2 Å². The monoisotopic (exact) mass is 456 g/mol. The number of rotatable bonds is 3. The van der Waals surface area contributed by atoms with E-state index in [4.69, 9.17) is 4.74 Å². The van der Waals surface area contributed by atoms with Crippen LogP contribution in [0, 0.1) is 0 Å². The molecule has 0 saturated carbocycles. The summed E-state index contributed by atoms with van der Waals surface area (Å²) in [6.45, 7) is 5.55. The van der Waals surface area contributed by atoms with Crippen LogP contribution in [-0.4, -0.2) is 33.2 Å². The number of amides is 1. The lowest BCUT2D eigenvalue weighted by atomic mass is 9.86. The Morgan fingerprint density at radius 3 is 2.35 bits per heavy atom. The fraction of sp³-hybridized carbons (Fsp3) is 0.381. The van der Waals surface area contributed by atoms with Crippen molar-refractivity contribution in [3.05, 3.63) is 53.6 Å². The van der Waals surface area contributed by atoms with E-state index in [1.807, 2.05) is 20.8 Å². The molecule has 6 nitrogen and oxygen atoms in total. The number of sulfonamides is 1. The van der Waals surface area contributed by atoms with Crippen molar-refractivity contribution in [1.29, 1.82) is 0 Å². The van der Waals surface area contributed by atoms with Crippen LogP contribution in [0.5, 0.6) is 5.75 Å². The number of alkyl halides is 3. The van der Waals surface area contributed by atoms with Gasteiger partial charge in [0.25, 0.3) is 5.91 Å². The number of hydrogen-bond acceptors (Lipinski definition) is 4. The van der Waals surface area contributed by atoms with Gasteiger partial charge in [-0.1, -0.05) is 39.0 Å². The van der Waals surface area contributed by atoms with E-state index in [9.17, 15) is 26.4 Å². The summed E-state index contributed by atoms with van der Waals surface area (Å²) in [5, 5.41) is 2.22. The maximum Gasteiger partial charge on any atom is 0.418 e. The third kappa shape index (κ3) is 4.95. The Kier molecular flexibility index (Phi) is 5.72. The first-order valence-electron chi connectivity index (χ1n) is 9.44. The third-order valence-electron chi connectivity index (χ3n) is 4.88. The van der Waals surface area contributed by atoms with Gasteiger partial charge in [0, 0.05) is 0 Å².